The van der Waals surface area contributed by atoms with Crippen molar-refractivity contribution in [2.75, 3.05) is 26.2 Å². The van der Waals surface area contributed by atoms with E-state index in [1.54, 1.807) is 0 Å². The molecule has 1 aromatic rings. The highest BCUT2D eigenvalue weighted by atomic mass is 35.5. The number of benzene rings is 1. The molecule has 0 spiro atoms. The van der Waals surface area contributed by atoms with Gasteiger partial charge in [0.25, 0.3) is 0 Å². The summed E-state index contributed by atoms with van der Waals surface area (Å²) in [6.07, 6.45) is 0. The second kappa shape index (κ2) is 4.97. The summed E-state index contributed by atoms with van der Waals surface area (Å²) in [6.45, 7) is 6.66. The summed E-state index contributed by atoms with van der Waals surface area (Å²) in [5, 5.41) is 4.34. The lowest BCUT2D eigenvalue weighted by molar-refractivity contribution is 0.210. The number of nitrogens with zero attached hydrogens (tertiary/aromatic N) is 1. The van der Waals surface area contributed by atoms with E-state index in [-0.39, 0.29) is 0 Å². The molecular formula is C12H17ClN2. The van der Waals surface area contributed by atoms with Crippen molar-refractivity contribution in [1.82, 2.24) is 10.2 Å². The first-order valence-electron chi connectivity index (χ1n) is 5.51. The van der Waals surface area contributed by atoms with Crippen molar-refractivity contribution >= 4 is 11.6 Å². The minimum Gasteiger partial charge on any atom is -0.308 e. The van der Waals surface area contributed by atoms with Gasteiger partial charge in [0.1, 0.15) is 0 Å². The molecule has 0 unspecified atom stereocenters. The summed E-state index contributed by atoms with van der Waals surface area (Å²) in [7, 11) is 0. The molecule has 1 aromatic carbocycles. The highest BCUT2D eigenvalue weighted by molar-refractivity contribution is 6.30. The largest absolute Gasteiger partial charge is 0.308 e. The molecule has 1 heterocycles. The Bertz CT molecular complexity index is 310. The highest BCUT2D eigenvalue weighted by Gasteiger charge is 2.18. The minimum atomic E-state index is 0.455. The lowest BCUT2D eigenvalue weighted by atomic mass is 10.0. The van der Waals surface area contributed by atoms with Crippen LogP contribution >= 0.6 is 11.6 Å². The predicted molar refractivity (Wildman–Crippen MR) is 64.3 cm³/mol. The van der Waals surface area contributed by atoms with Crippen LogP contribution in [-0.4, -0.2) is 31.1 Å². The maximum Gasteiger partial charge on any atom is 0.0449 e. The number of hydrogen-bond donors (Lipinski definition) is 1. The van der Waals surface area contributed by atoms with Gasteiger partial charge >= 0.3 is 0 Å². The van der Waals surface area contributed by atoms with Crippen molar-refractivity contribution in [1.29, 1.82) is 0 Å². The van der Waals surface area contributed by atoms with Crippen LogP contribution in [0.2, 0.25) is 5.02 Å². The van der Waals surface area contributed by atoms with Gasteiger partial charge in [-0.2, -0.15) is 0 Å². The zero-order valence-electron chi connectivity index (χ0n) is 9.04. The summed E-state index contributed by atoms with van der Waals surface area (Å²) in [4.78, 5) is 2.47. The quantitative estimate of drug-likeness (QED) is 0.830. The van der Waals surface area contributed by atoms with E-state index in [2.05, 4.69) is 29.3 Å². The number of nitrogens with one attached hydrogen (secondary N) is 1. The Hall–Kier alpha value is -0.570. The molecule has 15 heavy (non-hydrogen) atoms. The van der Waals surface area contributed by atoms with E-state index in [1.807, 2.05) is 12.1 Å². The van der Waals surface area contributed by atoms with Crippen molar-refractivity contribution in [2.45, 2.75) is 13.0 Å². The molecule has 0 amide bonds. The number of halogens is 1. The van der Waals surface area contributed by atoms with Crippen LogP contribution in [0.25, 0.3) is 0 Å². The lowest BCUT2D eigenvalue weighted by Gasteiger charge is -2.33. The molecule has 3 heteroatoms. The van der Waals surface area contributed by atoms with Gasteiger partial charge in [-0.05, 0) is 24.2 Å². The average molecular weight is 225 g/mol. The van der Waals surface area contributed by atoms with Crippen LogP contribution in [0.5, 0.6) is 0 Å². The van der Waals surface area contributed by atoms with E-state index in [4.69, 9.17) is 11.6 Å². The van der Waals surface area contributed by atoms with E-state index in [1.165, 1.54) is 5.56 Å². The number of likely N-dealkylation sites (N-methyl/N-ethyl adjacent to an activating group) is 1. The zero-order chi connectivity index (χ0) is 10.7. The van der Waals surface area contributed by atoms with Gasteiger partial charge in [-0.25, -0.2) is 0 Å². The van der Waals surface area contributed by atoms with Crippen LogP contribution in [0, 0.1) is 0 Å². The average Bonchev–Trinajstić information content (AvgIpc) is 2.30. The first kappa shape index (κ1) is 10.9. The predicted octanol–water partition coefficient (Wildman–Crippen LogP) is 2.31. The van der Waals surface area contributed by atoms with Crippen LogP contribution < -0.4 is 5.32 Å². The Kier molecular flexibility index (Phi) is 3.62. The molecule has 1 aliphatic heterocycles. The molecule has 0 saturated carbocycles. The maximum atomic E-state index is 5.88. The van der Waals surface area contributed by atoms with Crippen molar-refractivity contribution in [3.05, 3.63) is 34.9 Å². The van der Waals surface area contributed by atoms with Gasteiger partial charge in [0, 0.05) is 30.7 Å². The Morgan fingerprint density at radius 3 is 2.80 bits per heavy atom. The molecule has 82 valence electrons. The normalized spacial score (nSPS) is 22.9. The second-order valence-corrected chi connectivity index (χ2v) is 4.39. The molecule has 1 atom stereocenters. The topological polar surface area (TPSA) is 15.3 Å². The molecule has 0 aliphatic carbocycles. The van der Waals surface area contributed by atoms with Crippen LogP contribution in [0.15, 0.2) is 24.3 Å². The number of piperazine rings is 1. The maximum absolute atomic E-state index is 5.88. The molecule has 2 rings (SSSR count). The van der Waals surface area contributed by atoms with Crippen LogP contribution in [-0.2, 0) is 0 Å². The first-order chi connectivity index (χ1) is 7.29. The fourth-order valence-electron chi connectivity index (χ4n) is 2.02. The number of rotatable bonds is 2. The third-order valence-corrected chi connectivity index (χ3v) is 3.23. The van der Waals surface area contributed by atoms with Gasteiger partial charge < -0.3 is 10.2 Å². The van der Waals surface area contributed by atoms with Crippen LogP contribution in [0.1, 0.15) is 18.5 Å². The van der Waals surface area contributed by atoms with Gasteiger partial charge in [0.05, 0.1) is 0 Å². The van der Waals surface area contributed by atoms with Gasteiger partial charge in [-0.15, -0.1) is 0 Å². The smallest absolute Gasteiger partial charge is 0.0449 e. The Balaban J connectivity index is 2.06. The molecule has 0 aromatic heterocycles. The van der Waals surface area contributed by atoms with E-state index < -0.39 is 0 Å². The van der Waals surface area contributed by atoms with E-state index in [0.29, 0.717) is 6.04 Å². The van der Waals surface area contributed by atoms with Crippen molar-refractivity contribution in [3.63, 3.8) is 0 Å². The van der Waals surface area contributed by atoms with Crippen molar-refractivity contribution in [3.8, 4) is 0 Å². The van der Waals surface area contributed by atoms with Gasteiger partial charge in [0.15, 0.2) is 0 Å². The third kappa shape index (κ3) is 2.71. The summed E-state index contributed by atoms with van der Waals surface area (Å²) in [5.74, 6) is 0. The SMILES string of the molecule is CCN1CCN[C@@H](c2ccc(Cl)cc2)C1. The lowest BCUT2D eigenvalue weighted by Crippen LogP contribution is -2.45. The van der Waals surface area contributed by atoms with Crippen molar-refractivity contribution < 1.29 is 0 Å². The van der Waals surface area contributed by atoms with Gasteiger partial charge in [-0.3, -0.25) is 0 Å². The molecule has 2 nitrogen and oxygen atoms in total. The fourth-order valence-corrected chi connectivity index (χ4v) is 2.14. The third-order valence-electron chi connectivity index (χ3n) is 2.98. The van der Waals surface area contributed by atoms with E-state index >= 15 is 0 Å². The Labute approximate surface area is 96.2 Å². The monoisotopic (exact) mass is 224 g/mol. The Morgan fingerprint density at radius 2 is 2.13 bits per heavy atom. The second-order valence-electron chi connectivity index (χ2n) is 3.95. The molecule has 1 aliphatic rings. The molecule has 0 bridgehead atoms. The summed E-state index contributed by atoms with van der Waals surface area (Å²) in [6, 6.07) is 8.60. The van der Waals surface area contributed by atoms with E-state index in [0.717, 1.165) is 31.2 Å². The Morgan fingerprint density at radius 1 is 1.40 bits per heavy atom. The van der Waals surface area contributed by atoms with Crippen LogP contribution in [0.4, 0.5) is 0 Å². The van der Waals surface area contributed by atoms with Gasteiger partial charge in [-0.1, -0.05) is 30.7 Å². The zero-order valence-corrected chi connectivity index (χ0v) is 9.80. The summed E-state index contributed by atoms with van der Waals surface area (Å²) >= 11 is 5.88. The summed E-state index contributed by atoms with van der Waals surface area (Å²) in [5.41, 5.74) is 1.33. The molecule has 1 fully saturated rings. The highest BCUT2D eigenvalue weighted by Crippen LogP contribution is 2.19. The first-order valence-corrected chi connectivity index (χ1v) is 5.88. The standard InChI is InChI=1S/C12H17ClN2/c1-2-15-8-7-14-12(9-15)10-3-5-11(13)6-4-10/h3-6,12,14H,2,7-9H2,1H3/t12-/m1/s1. The molecule has 0 radical (unpaired) electrons. The molecular weight excluding hydrogens is 208 g/mol. The van der Waals surface area contributed by atoms with Crippen molar-refractivity contribution in [2.24, 2.45) is 0 Å². The van der Waals surface area contributed by atoms with E-state index in [9.17, 15) is 0 Å². The molecule has 1 N–H and O–H groups in total. The number of hydrogen-bond acceptors (Lipinski definition) is 2. The van der Waals surface area contributed by atoms with Crippen LogP contribution in [0.3, 0.4) is 0 Å². The molecule has 1 saturated heterocycles. The fraction of sp³-hybridized carbons (Fsp3) is 0.500. The minimum absolute atomic E-state index is 0.455. The van der Waals surface area contributed by atoms with Gasteiger partial charge in [0.2, 0.25) is 0 Å². The summed E-state index contributed by atoms with van der Waals surface area (Å²) < 4.78 is 0.